The molecule has 0 saturated carbocycles. The molecule has 1 aromatic carbocycles. The molecular formula is C16H18ClN3O3S. The molecule has 8 heteroatoms. The predicted octanol–water partition coefficient (Wildman–Crippen LogP) is 3.06. The van der Waals surface area contributed by atoms with Crippen molar-refractivity contribution in [1.29, 1.82) is 0 Å². The number of rotatable bonds is 3. The highest BCUT2D eigenvalue weighted by molar-refractivity contribution is 7.20. The van der Waals surface area contributed by atoms with Crippen LogP contribution in [0, 0.1) is 16.0 Å². The molecule has 3 fully saturated rings. The average molecular weight is 368 g/mol. The maximum absolute atomic E-state index is 12.6. The van der Waals surface area contributed by atoms with Gasteiger partial charge in [-0.1, -0.05) is 6.07 Å². The SMILES string of the molecule is Cl.O=C(N[C@@H]1CN2CCC1CC2)c1cc2c([N+](=O)[O-])cccc2s1. The highest BCUT2D eigenvalue weighted by Crippen LogP contribution is 2.33. The van der Waals surface area contributed by atoms with Gasteiger partial charge in [-0.3, -0.25) is 14.9 Å². The second kappa shape index (κ2) is 6.66. The number of fused-ring (bicyclic) bond motifs is 4. The quantitative estimate of drug-likeness (QED) is 0.668. The lowest BCUT2D eigenvalue weighted by Gasteiger charge is -2.44. The molecule has 1 aromatic heterocycles. The lowest BCUT2D eigenvalue weighted by Crippen LogP contribution is -2.57. The minimum Gasteiger partial charge on any atom is -0.347 e. The van der Waals surface area contributed by atoms with E-state index < -0.39 is 4.92 Å². The highest BCUT2D eigenvalue weighted by Gasteiger charge is 2.35. The number of nitrogens with zero attached hydrogens (tertiary/aromatic N) is 2. The molecule has 0 aliphatic carbocycles. The molecule has 1 amide bonds. The van der Waals surface area contributed by atoms with E-state index in [2.05, 4.69) is 10.2 Å². The van der Waals surface area contributed by atoms with E-state index in [1.807, 2.05) is 6.07 Å². The zero-order valence-electron chi connectivity index (χ0n) is 12.9. The molecule has 3 aliphatic heterocycles. The summed E-state index contributed by atoms with van der Waals surface area (Å²) in [7, 11) is 0. The summed E-state index contributed by atoms with van der Waals surface area (Å²) >= 11 is 1.32. The zero-order chi connectivity index (χ0) is 16.0. The Morgan fingerprint density at radius 2 is 2.08 bits per heavy atom. The Bertz CT molecular complexity index is 786. The summed E-state index contributed by atoms with van der Waals surface area (Å²) in [6.45, 7) is 3.18. The Labute approximate surface area is 149 Å². The van der Waals surface area contributed by atoms with Crippen LogP contribution in [0.2, 0.25) is 0 Å². The summed E-state index contributed by atoms with van der Waals surface area (Å²) in [5, 5.41) is 14.8. The molecule has 3 aliphatic rings. The van der Waals surface area contributed by atoms with Gasteiger partial charge in [0.05, 0.1) is 15.2 Å². The van der Waals surface area contributed by atoms with E-state index in [1.165, 1.54) is 17.4 Å². The highest BCUT2D eigenvalue weighted by atomic mass is 35.5. The summed E-state index contributed by atoms with van der Waals surface area (Å²) in [5.41, 5.74) is 0.0561. The van der Waals surface area contributed by atoms with Crippen LogP contribution < -0.4 is 5.32 Å². The van der Waals surface area contributed by atoms with Crippen LogP contribution in [0.4, 0.5) is 5.69 Å². The monoisotopic (exact) mass is 367 g/mol. The summed E-state index contributed by atoms with van der Waals surface area (Å²) in [5.74, 6) is 0.451. The van der Waals surface area contributed by atoms with Crippen molar-refractivity contribution in [3.8, 4) is 0 Å². The average Bonchev–Trinajstić information content (AvgIpc) is 3.00. The second-order valence-corrected chi connectivity index (χ2v) is 7.36. The van der Waals surface area contributed by atoms with Crippen molar-refractivity contribution in [2.45, 2.75) is 18.9 Å². The minimum absolute atomic E-state index is 0. The third kappa shape index (κ3) is 2.99. The molecule has 2 aromatic rings. The van der Waals surface area contributed by atoms with Crippen LogP contribution in [0.5, 0.6) is 0 Å². The van der Waals surface area contributed by atoms with Crippen molar-refractivity contribution in [2.24, 2.45) is 5.92 Å². The summed E-state index contributed by atoms with van der Waals surface area (Å²) in [6, 6.07) is 6.80. The van der Waals surface area contributed by atoms with Crippen molar-refractivity contribution in [2.75, 3.05) is 19.6 Å². The molecule has 5 rings (SSSR count). The van der Waals surface area contributed by atoms with Gasteiger partial charge in [-0.05, 0) is 44.0 Å². The third-order valence-corrected chi connectivity index (χ3v) is 6.03. The van der Waals surface area contributed by atoms with E-state index in [0.717, 1.165) is 37.2 Å². The molecule has 1 atom stereocenters. The first-order chi connectivity index (χ1) is 11.1. The van der Waals surface area contributed by atoms with Crippen LogP contribution in [-0.4, -0.2) is 41.4 Å². The third-order valence-electron chi connectivity index (χ3n) is 4.93. The Balaban J connectivity index is 0.00000169. The van der Waals surface area contributed by atoms with Gasteiger partial charge in [0, 0.05) is 23.4 Å². The summed E-state index contributed by atoms with van der Waals surface area (Å²) in [4.78, 5) is 26.2. The lowest BCUT2D eigenvalue weighted by atomic mass is 9.84. The first-order valence-corrected chi connectivity index (χ1v) is 8.63. The van der Waals surface area contributed by atoms with Crippen molar-refractivity contribution in [3.63, 3.8) is 0 Å². The van der Waals surface area contributed by atoms with Crippen LogP contribution in [-0.2, 0) is 0 Å². The van der Waals surface area contributed by atoms with Gasteiger partial charge in [-0.15, -0.1) is 23.7 Å². The number of hydrogen-bond donors (Lipinski definition) is 1. The van der Waals surface area contributed by atoms with Crippen LogP contribution in [0.1, 0.15) is 22.5 Å². The topological polar surface area (TPSA) is 75.5 Å². The molecule has 3 saturated heterocycles. The van der Waals surface area contributed by atoms with Crippen molar-refractivity contribution in [1.82, 2.24) is 10.2 Å². The number of thiophene rings is 1. The van der Waals surface area contributed by atoms with Crippen LogP contribution in [0.3, 0.4) is 0 Å². The standard InChI is InChI=1S/C16H17N3O3S.ClH/c20-16(17-12-9-18-6-4-10(12)5-7-18)15-8-11-13(19(21)22)2-1-3-14(11)23-15;/h1-3,8,10,12H,4-7,9H2,(H,17,20);1H/t12-;/m1./s1. The maximum atomic E-state index is 12.6. The molecule has 2 bridgehead atoms. The predicted molar refractivity (Wildman–Crippen MR) is 96.1 cm³/mol. The summed E-state index contributed by atoms with van der Waals surface area (Å²) < 4.78 is 0.776. The number of hydrogen-bond acceptors (Lipinski definition) is 5. The van der Waals surface area contributed by atoms with Crippen LogP contribution in [0.15, 0.2) is 24.3 Å². The van der Waals surface area contributed by atoms with Gasteiger partial charge in [0.2, 0.25) is 0 Å². The largest absolute Gasteiger partial charge is 0.347 e. The van der Waals surface area contributed by atoms with Gasteiger partial charge < -0.3 is 10.2 Å². The lowest BCUT2D eigenvalue weighted by molar-refractivity contribution is -0.383. The van der Waals surface area contributed by atoms with Crippen molar-refractivity contribution in [3.05, 3.63) is 39.3 Å². The minimum atomic E-state index is -0.399. The Morgan fingerprint density at radius 1 is 1.33 bits per heavy atom. The molecule has 128 valence electrons. The van der Waals surface area contributed by atoms with Gasteiger partial charge in [0.15, 0.2) is 0 Å². The van der Waals surface area contributed by atoms with Gasteiger partial charge in [-0.25, -0.2) is 0 Å². The zero-order valence-corrected chi connectivity index (χ0v) is 14.6. The Hall–Kier alpha value is -1.70. The second-order valence-electron chi connectivity index (χ2n) is 6.27. The summed E-state index contributed by atoms with van der Waals surface area (Å²) in [6.07, 6.45) is 2.28. The molecule has 4 heterocycles. The van der Waals surface area contributed by atoms with E-state index in [9.17, 15) is 14.9 Å². The van der Waals surface area contributed by atoms with Gasteiger partial charge in [0.25, 0.3) is 11.6 Å². The van der Waals surface area contributed by atoms with E-state index in [4.69, 9.17) is 0 Å². The van der Waals surface area contributed by atoms with Crippen molar-refractivity contribution < 1.29 is 9.72 Å². The molecule has 24 heavy (non-hydrogen) atoms. The van der Waals surface area contributed by atoms with E-state index >= 15 is 0 Å². The van der Waals surface area contributed by atoms with Crippen LogP contribution >= 0.6 is 23.7 Å². The molecule has 0 radical (unpaired) electrons. The van der Waals surface area contributed by atoms with Gasteiger partial charge in [-0.2, -0.15) is 0 Å². The smallest absolute Gasteiger partial charge is 0.278 e. The number of halogens is 1. The normalized spacial score (nSPS) is 25.2. The number of benzene rings is 1. The first-order valence-electron chi connectivity index (χ1n) is 7.82. The molecule has 0 unspecified atom stereocenters. The van der Waals surface area contributed by atoms with Crippen LogP contribution in [0.25, 0.3) is 10.1 Å². The number of nitro groups is 1. The van der Waals surface area contributed by atoms with E-state index in [-0.39, 0.29) is 30.0 Å². The Kier molecular flexibility index (Phi) is 4.76. The number of amides is 1. The molecule has 0 spiro atoms. The Morgan fingerprint density at radius 3 is 2.71 bits per heavy atom. The fourth-order valence-corrected chi connectivity index (χ4v) is 4.67. The number of nitro benzene ring substituents is 1. The molecule has 1 N–H and O–H groups in total. The fraction of sp³-hybridized carbons (Fsp3) is 0.438. The number of carbonyl (C=O) groups is 1. The maximum Gasteiger partial charge on any atom is 0.278 e. The molecule has 6 nitrogen and oxygen atoms in total. The fourth-order valence-electron chi connectivity index (χ4n) is 3.68. The number of piperidine rings is 3. The van der Waals surface area contributed by atoms with Gasteiger partial charge >= 0.3 is 0 Å². The van der Waals surface area contributed by atoms with Crippen molar-refractivity contribution >= 4 is 45.4 Å². The van der Waals surface area contributed by atoms with E-state index in [1.54, 1.807) is 12.1 Å². The first kappa shape index (κ1) is 17.1. The van der Waals surface area contributed by atoms with E-state index in [0.29, 0.717) is 16.2 Å². The number of carbonyl (C=O) groups excluding carboxylic acids is 1. The number of non-ortho nitro benzene ring substituents is 1. The van der Waals surface area contributed by atoms with Gasteiger partial charge in [0.1, 0.15) is 0 Å². The molecular weight excluding hydrogens is 350 g/mol. The number of nitrogens with one attached hydrogen (secondary N) is 1.